The van der Waals surface area contributed by atoms with Crippen molar-refractivity contribution in [1.29, 1.82) is 0 Å². The van der Waals surface area contributed by atoms with Gasteiger partial charge in [-0.3, -0.25) is 0 Å². The van der Waals surface area contributed by atoms with Gasteiger partial charge in [-0.05, 0) is 24.2 Å². The molecule has 0 amide bonds. The molecule has 2 fully saturated rings. The molecule has 1 heterocycles. The maximum Gasteiger partial charge on any atom is 0.00204 e. The van der Waals surface area contributed by atoms with Gasteiger partial charge in [0.05, 0.1) is 0 Å². The summed E-state index contributed by atoms with van der Waals surface area (Å²) < 4.78 is 0. The van der Waals surface area contributed by atoms with Gasteiger partial charge in [-0.2, -0.15) is 0 Å². The Labute approximate surface area is 89.7 Å². The van der Waals surface area contributed by atoms with Crippen LogP contribution in [0.5, 0.6) is 0 Å². The van der Waals surface area contributed by atoms with Crippen LogP contribution in [0.15, 0.2) is 0 Å². The van der Waals surface area contributed by atoms with Crippen molar-refractivity contribution < 1.29 is 0 Å². The highest BCUT2D eigenvalue weighted by Gasteiger charge is 2.47. The van der Waals surface area contributed by atoms with E-state index in [0.717, 1.165) is 11.3 Å². The second-order valence-corrected chi connectivity index (χ2v) is 4.87. The van der Waals surface area contributed by atoms with E-state index in [9.17, 15) is 0 Å². The third-order valence-corrected chi connectivity index (χ3v) is 3.66. The predicted octanol–water partition coefficient (Wildman–Crippen LogP) is 3.59. The van der Waals surface area contributed by atoms with Crippen LogP contribution in [0, 0.1) is 11.3 Å². The SMILES string of the molecule is CC.CCCCCC1CC2(CNC2)C1. The van der Waals surface area contributed by atoms with E-state index in [-0.39, 0.29) is 0 Å². The molecule has 0 unspecified atom stereocenters. The van der Waals surface area contributed by atoms with Gasteiger partial charge in [0, 0.05) is 13.1 Å². The molecular weight excluding hydrogens is 170 g/mol. The predicted molar refractivity (Wildman–Crippen MR) is 63.5 cm³/mol. The van der Waals surface area contributed by atoms with Gasteiger partial charge in [-0.15, -0.1) is 0 Å². The van der Waals surface area contributed by atoms with Gasteiger partial charge in [-0.1, -0.05) is 46.5 Å². The lowest BCUT2D eigenvalue weighted by Gasteiger charge is -2.54. The van der Waals surface area contributed by atoms with Gasteiger partial charge < -0.3 is 5.32 Å². The highest BCUT2D eigenvalue weighted by Crippen LogP contribution is 2.50. The van der Waals surface area contributed by atoms with Crippen LogP contribution in [0.25, 0.3) is 0 Å². The van der Waals surface area contributed by atoms with E-state index in [4.69, 9.17) is 0 Å². The molecule has 1 heteroatoms. The zero-order valence-corrected chi connectivity index (χ0v) is 10.2. The lowest BCUT2D eigenvalue weighted by Crippen LogP contribution is -2.60. The summed E-state index contributed by atoms with van der Waals surface area (Å²) >= 11 is 0. The second kappa shape index (κ2) is 5.75. The summed E-state index contributed by atoms with van der Waals surface area (Å²) in [6.07, 6.45) is 8.87. The first-order chi connectivity index (χ1) is 6.85. The van der Waals surface area contributed by atoms with Gasteiger partial charge in [0.2, 0.25) is 0 Å². The van der Waals surface area contributed by atoms with E-state index in [1.807, 2.05) is 13.8 Å². The molecule has 1 nitrogen and oxygen atoms in total. The first-order valence-corrected chi connectivity index (χ1v) is 6.55. The van der Waals surface area contributed by atoms with Crippen LogP contribution in [0.4, 0.5) is 0 Å². The van der Waals surface area contributed by atoms with Crippen LogP contribution in [0.3, 0.4) is 0 Å². The molecule has 14 heavy (non-hydrogen) atoms. The van der Waals surface area contributed by atoms with Crippen LogP contribution in [-0.2, 0) is 0 Å². The van der Waals surface area contributed by atoms with Crippen molar-refractivity contribution in [2.45, 2.75) is 59.3 Å². The van der Waals surface area contributed by atoms with Gasteiger partial charge in [0.1, 0.15) is 0 Å². The largest absolute Gasteiger partial charge is 0.316 e. The van der Waals surface area contributed by atoms with E-state index in [0.29, 0.717) is 0 Å². The fraction of sp³-hybridized carbons (Fsp3) is 1.00. The molecule has 0 aromatic heterocycles. The van der Waals surface area contributed by atoms with Crippen molar-refractivity contribution in [3.05, 3.63) is 0 Å². The third-order valence-electron chi connectivity index (χ3n) is 3.66. The van der Waals surface area contributed by atoms with E-state index in [2.05, 4.69) is 12.2 Å². The molecule has 0 aromatic carbocycles. The lowest BCUT2D eigenvalue weighted by molar-refractivity contribution is -0.00422. The smallest absolute Gasteiger partial charge is 0.00204 e. The normalized spacial score (nSPS) is 23.4. The Morgan fingerprint density at radius 3 is 2.21 bits per heavy atom. The van der Waals surface area contributed by atoms with Gasteiger partial charge in [0.15, 0.2) is 0 Å². The van der Waals surface area contributed by atoms with Crippen LogP contribution in [0.2, 0.25) is 0 Å². The van der Waals surface area contributed by atoms with E-state index >= 15 is 0 Å². The van der Waals surface area contributed by atoms with Crippen molar-refractivity contribution in [2.24, 2.45) is 11.3 Å². The average Bonchev–Trinajstić information content (AvgIpc) is 2.09. The van der Waals surface area contributed by atoms with Crippen LogP contribution in [0.1, 0.15) is 59.3 Å². The summed E-state index contributed by atoms with van der Waals surface area (Å²) in [6, 6.07) is 0. The number of hydrogen-bond acceptors (Lipinski definition) is 1. The quantitative estimate of drug-likeness (QED) is 0.679. The van der Waals surface area contributed by atoms with E-state index in [1.54, 1.807) is 0 Å². The molecular formula is C13H27N. The Balaban J connectivity index is 0.000000461. The maximum absolute atomic E-state index is 3.39. The van der Waals surface area contributed by atoms with Crippen molar-refractivity contribution in [3.63, 3.8) is 0 Å². The highest BCUT2D eigenvalue weighted by atomic mass is 15.0. The number of hydrogen-bond donors (Lipinski definition) is 1. The van der Waals surface area contributed by atoms with Crippen LogP contribution in [-0.4, -0.2) is 13.1 Å². The lowest BCUT2D eigenvalue weighted by atomic mass is 9.57. The Hall–Kier alpha value is -0.0400. The monoisotopic (exact) mass is 197 g/mol. The van der Waals surface area contributed by atoms with Gasteiger partial charge in [-0.25, -0.2) is 0 Å². The molecule has 1 saturated heterocycles. The maximum atomic E-state index is 3.39. The summed E-state index contributed by atoms with van der Waals surface area (Å²) in [5.41, 5.74) is 0.802. The molecule has 1 aliphatic heterocycles. The van der Waals surface area contributed by atoms with Crippen molar-refractivity contribution in [1.82, 2.24) is 5.32 Å². The number of nitrogens with one attached hydrogen (secondary N) is 1. The Bertz CT molecular complexity index is 141. The highest BCUT2D eigenvalue weighted by molar-refractivity contribution is 5.02. The standard InChI is InChI=1S/C11H21N.C2H6/c1-2-3-4-5-10-6-11(7-10)8-12-9-11;1-2/h10,12H,2-9H2,1H3;1-2H3. The molecule has 2 rings (SSSR count). The average molecular weight is 197 g/mol. The molecule has 1 N–H and O–H groups in total. The Morgan fingerprint density at radius 2 is 1.79 bits per heavy atom. The minimum Gasteiger partial charge on any atom is -0.316 e. The number of unbranched alkanes of at least 4 members (excludes halogenated alkanes) is 2. The summed E-state index contributed by atoms with van der Waals surface area (Å²) in [5.74, 6) is 1.10. The van der Waals surface area contributed by atoms with Crippen LogP contribution < -0.4 is 5.32 Å². The summed E-state index contributed by atoms with van der Waals surface area (Å²) in [4.78, 5) is 0. The molecule has 0 atom stereocenters. The molecule has 2 aliphatic rings. The van der Waals surface area contributed by atoms with Crippen molar-refractivity contribution in [3.8, 4) is 0 Å². The minimum atomic E-state index is 0.802. The fourth-order valence-corrected chi connectivity index (χ4v) is 2.82. The number of rotatable bonds is 4. The molecule has 1 saturated carbocycles. The molecule has 0 aromatic rings. The van der Waals surface area contributed by atoms with Gasteiger partial charge >= 0.3 is 0 Å². The fourth-order valence-electron chi connectivity index (χ4n) is 2.82. The molecule has 1 spiro atoms. The first kappa shape index (κ1) is 12.0. The van der Waals surface area contributed by atoms with E-state index in [1.165, 1.54) is 51.6 Å². The Kier molecular flexibility index (Phi) is 4.94. The van der Waals surface area contributed by atoms with Crippen molar-refractivity contribution >= 4 is 0 Å². The molecule has 0 bridgehead atoms. The summed E-state index contributed by atoms with van der Waals surface area (Å²) in [5, 5.41) is 3.39. The zero-order valence-electron chi connectivity index (χ0n) is 10.2. The summed E-state index contributed by atoms with van der Waals surface area (Å²) in [6.45, 7) is 8.92. The van der Waals surface area contributed by atoms with Gasteiger partial charge in [0.25, 0.3) is 0 Å². The van der Waals surface area contributed by atoms with E-state index < -0.39 is 0 Å². The van der Waals surface area contributed by atoms with Crippen molar-refractivity contribution in [2.75, 3.05) is 13.1 Å². The third kappa shape index (κ3) is 2.73. The Morgan fingerprint density at radius 1 is 1.14 bits per heavy atom. The molecule has 0 radical (unpaired) electrons. The zero-order chi connectivity index (χ0) is 10.4. The van der Waals surface area contributed by atoms with Crippen LogP contribution >= 0.6 is 0 Å². The molecule has 1 aliphatic carbocycles. The second-order valence-electron chi connectivity index (χ2n) is 4.87. The first-order valence-electron chi connectivity index (χ1n) is 6.55. The minimum absolute atomic E-state index is 0.802. The molecule has 84 valence electrons. The topological polar surface area (TPSA) is 12.0 Å². The summed E-state index contributed by atoms with van der Waals surface area (Å²) in [7, 11) is 0.